The molecule has 0 aromatic heterocycles. The standard InChI is InChI=1S/C18H20F2N2O2S/c1-23-16-11-13(7-8-15(16)24-17(19)20)9-10-21-18(25)22-12-14-5-3-2-4-6-14/h2-8,11,17H,9-10,12H2,1H3,(H2,21,22,25). The van der Waals surface area contributed by atoms with Gasteiger partial charge in [-0.05, 0) is 41.9 Å². The highest BCUT2D eigenvalue weighted by Crippen LogP contribution is 2.29. The van der Waals surface area contributed by atoms with Gasteiger partial charge in [-0.3, -0.25) is 0 Å². The van der Waals surface area contributed by atoms with Crippen LogP contribution in [0.15, 0.2) is 48.5 Å². The molecule has 134 valence electrons. The number of rotatable bonds is 8. The predicted octanol–water partition coefficient (Wildman–Crippen LogP) is 3.50. The molecule has 0 heterocycles. The van der Waals surface area contributed by atoms with Crippen LogP contribution in [0.1, 0.15) is 11.1 Å². The fourth-order valence-corrected chi connectivity index (χ4v) is 2.40. The van der Waals surface area contributed by atoms with Crippen molar-refractivity contribution >= 4 is 17.3 Å². The van der Waals surface area contributed by atoms with Crippen LogP contribution >= 0.6 is 12.2 Å². The highest BCUT2D eigenvalue weighted by atomic mass is 32.1. The molecule has 0 unspecified atom stereocenters. The molecule has 0 saturated heterocycles. The molecule has 25 heavy (non-hydrogen) atoms. The zero-order valence-corrected chi connectivity index (χ0v) is 14.6. The lowest BCUT2D eigenvalue weighted by Crippen LogP contribution is -2.35. The molecule has 4 nitrogen and oxygen atoms in total. The topological polar surface area (TPSA) is 42.5 Å². The van der Waals surface area contributed by atoms with Crippen LogP contribution in [0.25, 0.3) is 0 Å². The van der Waals surface area contributed by atoms with E-state index in [1.807, 2.05) is 30.3 Å². The number of halogens is 2. The van der Waals surface area contributed by atoms with Crippen LogP contribution in [0.5, 0.6) is 11.5 Å². The minimum atomic E-state index is -2.88. The van der Waals surface area contributed by atoms with E-state index in [1.165, 1.54) is 13.2 Å². The molecule has 0 aliphatic rings. The number of methoxy groups -OCH3 is 1. The molecule has 0 amide bonds. The van der Waals surface area contributed by atoms with Gasteiger partial charge >= 0.3 is 6.61 Å². The Morgan fingerprint density at radius 3 is 2.48 bits per heavy atom. The molecular formula is C18H20F2N2O2S. The number of alkyl halides is 2. The van der Waals surface area contributed by atoms with Crippen LogP contribution in [0.2, 0.25) is 0 Å². The van der Waals surface area contributed by atoms with Gasteiger partial charge in [0.15, 0.2) is 16.6 Å². The molecule has 2 aromatic carbocycles. The van der Waals surface area contributed by atoms with E-state index >= 15 is 0 Å². The van der Waals surface area contributed by atoms with Gasteiger partial charge in [-0.15, -0.1) is 0 Å². The number of nitrogens with one attached hydrogen (secondary N) is 2. The van der Waals surface area contributed by atoms with Crippen molar-refractivity contribution in [3.8, 4) is 11.5 Å². The minimum Gasteiger partial charge on any atom is -0.493 e. The van der Waals surface area contributed by atoms with Gasteiger partial charge in [0, 0.05) is 13.1 Å². The summed E-state index contributed by atoms with van der Waals surface area (Å²) >= 11 is 5.24. The van der Waals surface area contributed by atoms with Gasteiger partial charge in [-0.25, -0.2) is 0 Å². The van der Waals surface area contributed by atoms with Crippen LogP contribution in [-0.4, -0.2) is 25.4 Å². The van der Waals surface area contributed by atoms with Crippen LogP contribution < -0.4 is 20.1 Å². The Kier molecular flexibility index (Phi) is 7.40. The Balaban J connectivity index is 1.78. The number of benzene rings is 2. The number of thiocarbonyl (C=S) groups is 1. The molecule has 0 spiro atoms. The van der Waals surface area contributed by atoms with Gasteiger partial charge in [-0.2, -0.15) is 8.78 Å². The quantitative estimate of drug-likeness (QED) is 0.700. The van der Waals surface area contributed by atoms with Crippen LogP contribution in [0.4, 0.5) is 8.78 Å². The van der Waals surface area contributed by atoms with E-state index in [0.717, 1.165) is 11.1 Å². The van der Waals surface area contributed by atoms with Gasteiger partial charge in [0.05, 0.1) is 7.11 Å². The second-order valence-corrected chi connectivity index (χ2v) is 5.62. The first-order chi connectivity index (χ1) is 12.1. The van der Waals surface area contributed by atoms with Crippen LogP contribution in [0, 0.1) is 0 Å². The van der Waals surface area contributed by atoms with E-state index in [1.54, 1.807) is 12.1 Å². The molecule has 2 aromatic rings. The molecule has 2 N–H and O–H groups in total. The predicted molar refractivity (Wildman–Crippen MR) is 97.2 cm³/mol. The van der Waals surface area contributed by atoms with Crippen molar-refractivity contribution < 1.29 is 18.3 Å². The molecule has 0 radical (unpaired) electrons. The minimum absolute atomic E-state index is 0.0225. The van der Waals surface area contributed by atoms with E-state index in [2.05, 4.69) is 15.4 Å². The molecule has 0 atom stereocenters. The van der Waals surface area contributed by atoms with E-state index in [4.69, 9.17) is 17.0 Å². The SMILES string of the molecule is COc1cc(CCNC(=S)NCc2ccccc2)ccc1OC(F)F. The fraction of sp³-hybridized carbons (Fsp3) is 0.278. The number of ether oxygens (including phenoxy) is 2. The number of hydrogen-bond donors (Lipinski definition) is 2. The average molecular weight is 366 g/mol. The molecule has 2 rings (SSSR count). The maximum Gasteiger partial charge on any atom is 0.387 e. The average Bonchev–Trinajstić information content (AvgIpc) is 2.61. The summed E-state index contributed by atoms with van der Waals surface area (Å²) < 4.78 is 34.1. The monoisotopic (exact) mass is 366 g/mol. The Labute approximate surface area is 151 Å². The van der Waals surface area contributed by atoms with Gasteiger partial charge in [0.1, 0.15) is 0 Å². The van der Waals surface area contributed by atoms with Crippen molar-refractivity contribution in [1.82, 2.24) is 10.6 Å². The highest BCUT2D eigenvalue weighted by molar-refractivity contribution is 7.80. The summed E-state index contributed by atoms with van der Waals surface area (Å²) in [5.74, 6) is 0.303. The molecule has 0 aliphatic carbocycles. The Morgan fingerprint density at radius 2 is 1.80 bits per heavy atom. The first-order valence-corrected chi connectivity index (χ1v) is 8.16. The van der Waals surface area contributed by atoms with E-state index in [-0.39, 0.29) is 11.5 Å². The zero-order chi connectivity index (χ0) is 18.1. The molecule has 0 bridgehead atoms. The lowest BCUT2D eigenvalue weighted by Gasteiger charge is -2.13. The smallest absolute Gasteiger partial charge is 0.387 e. The van der Waals surface area contributed by atoms with E-state index in [9.17, 15) is 8.78 Å². The summed E-state index contributed by atoms with van der Waals surface area (Å²) in [5.41, 5.74) is 2.07. The summed E-state index contributed by atoms with van der Waals surface area (Å²) in [5, 5.41) is 6.81. The van der Waals surface area contributed by atoms with E-state index < -0.39 is 6.61 Å². The van der Waals surface area contributed by atoms with Gasteiger partial charge in [-0.1, -0.05) is 36.4 Å². The molecule has 0 aliphatic heterocycles. The van der Waals surface area contributed by atoms with Gasteiger partial charge < -0.3 is 20.1 Å². The summed E-state index contributed by atoms with van der Waals surface area (Å²) in [6, 6.07) is 14.8. The summed E-state index contributed by atoms with van der Waals surface area (Å²) in [7, 11) is 1.42. The Bertz CT molecular complexity index is 684. The first kappa shape index (κ1) is 18.9. The lowest BCUT2D eigenvalue weighted by molar-refractivity contribution is -0.0512. The third kappa shape index (κ3) is 6.54. The van der Waals surface area contributed by atoms with Crippen molar-refractivity contribution in [3.05, 3.63) is 59.7 Å². The second-order valence-electron chi connectivity index (χ2n) is 5.21. The van der Waals surface area contributed by atoms with Crippen LogP contribution in [-0.2, 0) is 13.0 Å². The third-order valence-corrected chi connectivity index (χ3v) is 3.73. The van der Waals surface area contributed by atoms with Crippen molar-refractivity contribution in [1.29, 1.82) is 0 Å². The zero-order valence-electron chi connectivity index (χ0n) is 13.8. The maximum absolute atomic E-state index is 12.3. The largest absolute Gasteiger partial charge is 0.493 e. The normalized spacial score (nSPS) is 10.4. The summed E-state index contributed by atoms with van der Waals surface area (Å²) in [4.78, 5) is 0. The molecule has 7 heteroatoms. The maximum atomic E-state index is 12.3. The third-order valence-electron chi connectivity index (χ3n) is 3.44. The number of hydrogen-bond acceptors (Lipinski definition) is 3. The van der Waals surface area contributed by atoms with Crippen LogP contribution in [0.3, 0.4) is 0 Å². The van der Waals surface area contributed by atoms with E-state index in [0.29, 0.717) is 24.6 Å². The van der Waals surface area contributed by atoms with Crippen molar-refractivity contribution in [2.24, 2.45) is 0 Å². The van der Waals surface area contributed by atoms with Gasteiger partial charge in [0.25, 0.3) is 0 Å². The van der Waals surface area contributed by atoms with Gasteiger partial charge in [0.2, 0.25) is 0 Å². The Morgan fingerprint density at radius 1 is 1.04 bits per heavy atom. The fourth-order valence-electron chi connectivity index (χ4n) is 2.22. The molecule has 0 fully saturated rings. The molecular weight excluding hydrogens is 346 g/mol. The van der Waals surface area contributed by atoms with Crippen molar-refractivity contribution in [2.45, 2.75) is 19.6 Å². The lowest BCUT2D eigenvalue weighted by atomic mass is 10.1. The summed E-state index contributed by atoms with van der Waals surface area (Å²) in [6.45, 7) is -1.62. The molecule has 0 saturated carbocycles. The Hall–Kier alpha value is -2.41. The summed E-state index contributed by atoms with van der Waals surface area (Å²) in [6.07, 6.45) is 0.665. The highest BCUT2D eigenvalue weighted by Gasteiger charge is 2.11. The first-order valence-electron chi connectivity index (χ1n) is 7.76. The van der Waals surface area contributed by atoms with Crippen molar-refractivity contribution in [2.75, 3.05) is 13.7 Å². The van der Waals surface area contributed by atoms with Crippen molar-refractivity contribution in [3.63, 3.8) is 0 Å². The second kappa shape index (κ2) is 9.78.